The van der Waals surface area contributed by atoms with E-state index in [9.17, 15) is 4.79 Å². The van der Waals surface area contributed by atoms with Gasteiger partial charge in [-0.3, -0.25) is 0 Å². The monoisotopic (exact) mass is 242 g/mol. The largest absolute Gasteiger partial charge is 0.464 e. The van der Waals surface area contributed by atoms with Crippen molar-refractivity contribution in [3.8, 4) is 0 Å². The van der Waals surface area contributed by atoms with Gasteiger partial charge in [0, 0.05) is 12.8 Å². The molecule has 88 valence electrons. The summed E-state index contributed by atoms with van der Waals surface area (Å²) in [6.45, 7) is 1.39. The van der Waals surface area contributed by atoms with Crippen molar-refractivity contribution >= 4 is 18.2 Å². The highest BCUT2D eigenvalue weighted by Gasteiger charge is 2.20. The maximum Gasteiger partial charge on any atom is 0.356 e. The highest BCUT2D eigenvalue weighted by atomic mass is 32.1. The van der Waals surface area contributed by atoms with Crippen molar-refractivity contribution in [3.05, 3.63) is 16.7 Å². The van der Waals surface area contributed by atoms with Gasteiger partial charge in [0.1, 0.15) is 5.69 Å². The third-order valence-corrected chi connectivity index (χ3v) is 3.01. The second-order valence-electron chi connectivity index (χ2n) is 3.72. The number of hydrogen-bond acceptors (Lipinski definition) is 4. The lowest BCUT2D eigenvalue weighted by atomic mass is 10.2. The molecule has 0 bridgehead atoms. The summed E-state index contributed by atoms with van der Waals surface area (Å²) in [5.74, 6) is -0.384. The maximum absolute atomic E-state index is 11.5. The first-order valence-electron chi connectivity index (χ1n) is 5.20. The first kappa shape index (κ1) is 11.3. The first-order valence-corrected chi connectivity index (χ1v) is 5.61. The molecule has 5 nitrogen and oxygen atoms in total. The van der Waals surface area contributed by atoms with Gasteiger partial charge in [0.25, 0.3) is 0 Å². The fourth-order valence-electron chi connectivity index (χ4n) is 1.84. The van der Waals surface area contributed by atoms with Gasteiger partial charge in [0.2, 0.25) is 0 Å². The smallest absolute Gasteiger partial charge is 0.356 e. The molecule has 1 aromatic heterocycles. The van der Waals surface area contributed by atoms with Crippen molar-refractivity contribution in [2.45, 2.75) is 25.5 Å². The predicted molar refractivity (Wildman–Crippen MR) is 59.9 cm³/mol. The molecule has 2 rings (SSSR count). The molecular weight excluding hydrogens is 228 g/mol. The molecular formula is C10H14N2O3S. The molecule has 1 aromatic rings. The summed E-state index contributed by atoms with van der Waals surface area (Å²) in [7, 11) is 1.36. The van der Waals surface area contributed by atoms with Gasteiger partial charge in [-0.15, -0.1) is 0 Å². The number of hydrogen-bond donors (Lipinski definition) is 1. The number of carbonyl (C=O) groups excluding carboxylic acids is 1. The van der Waals surface area contributed by atoms with Gasteiger partial charge in [0.05, 0.1) is 19.8 Å². The molecule has 16 heavy (non-hydrogen) atoms. The molecule has 1 N–H and O–H groups in total. The summed E-state index contributed by atoms with van der Waals surface area (Å²) < 4.78 is 12.5. The van der Waals surface area contributed by atoms with Crippen LogP contribution in [0, 0.1) is 4.77 Å². The molecule has 0 radical (unpaired) electrons. The van der Waals surface area contributed by atoms with Crippen LogP contribution in [0.2, 0.25) is 0 Å². The molecule has 1 saturated heterocycles. The highest BCUT2D eigenvalue weighted by Crippen LogP contribution is 2.15. The summed E-state index contributed by atoms with van der Waals surface area (Å²) >= 11 is 5.12. The zero-order chi connectivity index (χ0) is 11.5. The Bertz CT molecular complexity index is 432. The molecule has 1 aliphatic heterocycles. The average molecular weight is 242 g/mol. The van der Waals surface area contributed by atoms with Gasteiger partial charge in [-0.1, -0.05) is 0 Å². The fraction of sp³-hybridized carbons (Fsp3) is 0.600. The second kappa shape index (κ2) is 4.80. The van der Waals surface area contributed by atoms with E-state index in [1.165, 1.54) is 7.11 Å². The van der Waals surface area contributed by atoms with Crippen molar-refractivity contribution in [2.24, 2.45) is 0 Å². The number of H-pyrrole nitrogens is 1. The van der Waals surface area contributed by atoms with Crippen LogP contribution in [-0.2, 0) is 16.0 Å². The second-order valence-corrected chi connectivity index (χ2v) is 4.10. The number of esters is 1. The Morgan fingerprint density at radius 2 is 2.62 bits per heavy atom. The Morgan fingerprint density at radius 1 is 1.81 bits per heavy atom. The number of methoxy groups -OCH3 is 1. The quantitative estimate of drug-likeness (QED) is 0.645. The SMILES string of the molecule is COC(=O)c1c[nH]c(=S)n1C[C@@H]1CCCO1. The van der Waals surface area contributed by atoms with Crippen molar-refractivity contribution in [2.75, 3.05) is 13.7 Å². The fourth-order valence-corrected chi connectivity index (χ4v) is 2.07. The van der Waals surface area contributed by atoms with Crippen molar-refractivity contribution in [1.29, 1.82) is 0 Å². The number of ether oxygens (including phenoxy) is 2. The number of rotatable bonds is 3. The lowest BCUT2D eigenvalue weighted by Gasteiger charge is -2.12. The molecule has 0 aromatic carbocycles. The number of carbonyl (C=O) groups is 1. The Kier molecular flexibility index (Phi) is 3.40. The number of imidazole rings is 1. The lowest BCUT2D eigenvalue weighted by Crippen LogP contribution is -2.19. The van der Waals surface area contributed by atoms with E-state index >= 15 is 0 Å². The summed E-state index contributed by atoms with van der Waals surface area (Å²) in [6.07, 6.45) is 3.79. The molecule has 0 spiro atoms. The summed E-state index contributed by atoms with van der Waals surface area (Å²) in [5.41, 5.74) is 0.447. The minimum atomic E-state index is -0.384. The Hall–Kier alpha value is -1.14. The standard InChI is InChI=1S/C10H14N2O3S/c1-14-9(13)8-5-11-10(16)12(8)6-7-3-2-4-15-7/h5,7H,2-4,6H2,1H3,(H,11,16)/t7-/m0/s1. The van der Waals surface area contributed by atoms with E-state index in [1.54, 1.807) is 10.8 Å². The summed E-state index contributed by atoms with van der Waals surface area (Å²) in [5, 5.41) is 0. The van der Waals surface area contributed by atoms with Crippen LogP contribution in [0.25, 0.3) is 0 Å². The van der Waals surface area contributed by atoms with Crippen LogP contribution in [0.15, 0.2) is 6.20 Å². The summed E-state index contributed by atoms with van der Waals surface area (Å²) in [4.78, 5) is 14.3. The molecule has 1 aliphatic rings. The van der Waals surface area contributed by atoms with Crippen LogP contribution < -0.4 is 0 Å². The molecule has 1 fully saturated rings. The van der Waals surface area contributed by atoms with Gasteiger partial charge in [-0.05, 0) is 25.1 Å². The van der Waals surface area contributed by atoms with Crippen molar-refractivity contribution in [1.82, 2.24) is 9.55 Å². The minimum Gasteiger partial charge on any atom is -0.464 e. The lowest BCUT2D eigenvalue weighted by molar-refractivity contribution is 0.0577. The van der Waals surface area contributed by atoms with E-state index in [0.717, 1.165) is 19.4 Å². The van der Waals surface area contributed by atoms with Crippen molar-refractivity contribution < 1.29 is 14.3 Å². The van der Waals surface area contributed by atoms with Crippen LogP contribution in [0.1, 0.15) is 23.3 Å². The van der Waals surface area contributed by atoms with Crippen LogP contribution in [0.3, 0.4) is 0 Å². The van der Waals surface area contributed by atoms with Gasteiger partial charge in [-0.2, -0.15) is 0 Å². The minimum absolute atomic E-state index is 0.144. The predicted octanol–water partition coefficient (Wildman–Crippen LogP) is 1.51. The number of aromatic nitrogens is 2. The molecule has 0 saturated carbocycles. The number of nitrogens with one attached hydrogen (secondary N) is 1. The Labute approximate surface area is 98.4 Å². The topological polar surface area (TPSA) is 56.2 Å². The molecule has 2 heterocycles. The zero-order valence-corrected chi connectivity index (χ0v) is 9.88. The maximum atomic E-state index is 11.5. The third-order valence-electron chi connectivity index (χ3n) is 2.67. The summed E-state index contributed by atoms with van der Waals surface area (Å²) in [6, 6.07) is 0. The molecule has 0 unspecified atom stereocenters. The molecule has 6 heteroatoms. The zero-order valence-electron chi connectivity index (χ0n) is 9.06. The van der Waals surface area contributed by atoms with Crippen molar-refractivity contribution in [3.63, 3.8) is 0 Å². The van der Waals surface area contributed by atoms with E-state index in [-0.39, 0.29) is 12.1 Å². The Morgan fingerprint density at radius 3 is 3.25 bits per heavy atom. The van der Waals surface area contributed by atoms with E-state index in [0.29, 0.717) is 17.0 Å². The van der Waals surface area contributed by atoms with E-state index in [2.05, 4.69) is 9.72 Å². The number of aromatic amines is 1. The van der Waals surface area contributed by atoms with E-state index < -0.39 is 0 Å². The van der Waals surface area contributed by atoms with Crippen LogP contribution >= 0.6 is 12.2 Å². The van der Waals surface area contributed by atoms with Gasteiger partial charge < -0.3 is 19.0 Å². The van der Waals surface area contributed by atoms with Gasteiger partial charge in [0.15, 0.2) is 4.77 Å². The third kappa shape index (κ3) is 2.17. The van der Waals surface area contributed by atoms with Gasteiger partial charge >= 0.3 is 5.97 Å². The molecule has 0 aliphatic carbocycles. The van der Waals surface area contributed by atoms with Crippen LogP contribution in [-0.4, -0.2) is 35.3 Å². The highest BCUT2D eigenvalue weighted by molar-refractivity contribution is 7.71. The average Bonchev–Trinajstić information content (AvgIpc) is 2.90. The van der Waals surface area contributed by atoms with E-state index in [1.807, 2.05) is 0 Å². The van der Waals surface area contributed by atoms with E-state index in [4.69, 9.17) is 17.0 Å². The van der Waals surface area contributed by atoms with Crippen LogP contribution in [0.4, 0.5) is 0 Å². The molecule has 1 atom stereocenters. The number of nitrogens with zero attached hydrogens (tertiary/aromatic N) is 1. The Balaban J connectivity index is 2.21. The van der Waals surface area contributed by atoms with Gasteiger partial charge in [-0.25, -0.2) is 4.79 Å². The first-order chi connectivity index (χ1) is 7.72. The van der Waals surface area contributed by atoms with Crippen LogP contribution in [0.5, 0.6) is 0 Å². The molecule has 0 amide bonds. The normalized spacial score (nSPS) is 19.9.